The van der Waals surface area contributed by atoms with Gasteiger partial charge in [0.1, 0.15) is 11.8 Å². The number of esters is 1. The van der Waals surface area contributed by atoms with Gasteiger partial charge in [0.25, 0.3) is 0 Å². The van der Waals surface area contributed by atoms with Gasteiger partial charge in [-0.25, -0.2) is 4.79 Å². The highest BCUT2D eigenvalue weighted by molar-refractivity contribution is 6.03. The number of carbonyl (C=O) groups excluding carboxylic acids is 3. The van der Waals surface area contributed by atoms with Gasteiger partial charge in [-0.1, -0.05) is 6.07 Å². The summed E-state index contributed by atoms with van der Waals surface area (Å²) in [6.07, 6.45) is 3.36. The number of methoxy groups -OCH3 is 1. The number of nitrogens with two attached hydrogens (primary N) is 1. The Morgan fingerprint density at radius 1 is 1.25 bits per heavy atom. The molecule has 2 aliphatic heterocycles. The number of amides is 1. The number of carbonyl (C=O) groups is 3. The van der Waals surface area contributed by atoms with Crippen molar-refractivity contribution in [2.75, 3.05) is 26.7 Å². The summed E-state index contributed by atoms with van der Waals surface area (Å²) in [5.74, 6) is -0.393. The van der Waals surface area contributed by atoms with Crippen molar-refractivity contribution >= 4 is 17.8 Å². The second-order valence-electron chi connectivity index (χ2n) is 7.24. The second kappa shape index (κ2) is 9.16. The minimum Gasteiger partial charge on any atom is -0.468 e. The summed E-state index contributed by atoms with van der Waals surface area (Å²) >= 11 is 0. The Kier molecular flexibility index (Phi) is 6.64. The van der Waals surface area contributed by atoms with Gasteiger partial charge >= 0.3 is 12.1 Å². The monoisotopic (exact) mass is 389 g/mol. The Morgan fingerprint density at radius 3 is 2.64 bits per heavy atom. The number of nitrogens with one attached hydrogen (secondary N) is 1. The number of ether oxygens (including phenoxy) is 2. The summed E-state index contributed by atoms with van der Waals surface area (Å²) in [6.45, 7) is 2.11. The normalized spacial score (nSPS) is 20.1. The summed E-state index contributed by atoms with van der Waals surface area (Å²) in [6, 6.07) is 3.87. The van der Waals surface area contributed by atoms with Crippen LogP contribution >= 0.6 is 0 Å². The molecule has 28 heavy (non-hydrogen) atoms. The Balaban J connectivity index is 1.83. The SMILES string of the molecule is COC(=O)[C@@H](N)Cc1ccc(OC(=O)N2CCCC2)c(C(=O)[C@@H]2CCCN2)c1. The molecule has 0 aromatic heterocycles. The highest BCUT2D eigenvalue weighted by Crippen LogP contribution is 2.26. The van der Waals surface area contributed by atoms with Gasteiger partial charge in [-0.3, -0.25) is 9.59 Å². The van der Waals surface area contributed by atoms with Crippen molar-refractivity contribution in [1.29, 1.82) is 0 Å². The van der Waals surface area contributed by atoms with Crippen molar-refractivity contribution in [1.82, 2.24) is 10.2 Å². The van der Waals surface area contributed by atoms with Crippen LogP contribution in [-0.2, 0) is 16.0 Å². The van der Waals surface area contributed by atoms with E-state index in [-0.39, 0.29) is 24.0 Å². The predicted molar refractivity (Wildman–Crippen MR) is 102 cm³/mol. The maximum Gasteiger partial charge on any atom is 0.415 e. The molecule has 0 saturated carbocycles. The van der Waals surface area contributed by atoms with Crippen LogP contribution in [0.4, 0.5) is 4.79 Å². The van der Waals surface area contributed by atoms with Crippen molar-refractivity contribution in [3.8, 4) is 5.75 Å². The highest BCUT2D eigenvalue weighted by atomic mass is 16.6. The molecular weight excluding hydrogens is 362 g/mol. The van der Waals surface area contributed by atoms with E-state index in [9.17, 15) is 14.4 Å². The van der Waals surface area contributed by atoms with Crippen LogP contribution < -0.4 is 15.8 Å². The van der Waals surface area contributed by atoms with Crippen LogP contribution in [-0.4, -0.2) is 61.6 Å². The summed E-state index contributed by atoms with van der Waals surface area (Å²) < 4.78 is 10.2. The zero-order chi connectivity index (χ0) is 20.1. The standard InChI is InChI=1S/C20H27N3O5/c1-27-19(25)15(21)12-13-6-7-17(28-20(26)23-9-2-3-10-23)14(11-13)18(24)16-5-4-8-22-16/h6-7,11,15-16,22H,2-5,8-10,12,21H2,1H3/t15-,16-/m0/s1. The van der Waals surface area contributed by atoms with E-state index in [1.54, 1.807) is 23.1 Å². The average molecular weight is 389 g/mol. The van der Waals surface area contributed by atoms with Crippen LogP contribution in [0.1, 0.15) is 41.6 Å². The number of hydrogen-bond acceptors (Lipinski definition) is 7. The van der Waals surface area contributed by atoms with Gasteiger partial charge in [-0.15, -0.1) is 0 Å². The van der Waals surface area contributed by atoms with E-state index in [4.69, 9.17) is 10.5 Å². The molecule has 1 aromatic carbocycles. The zero-order valence-corrected chi connectivity index (χ0v) is 16.1. The molecule has 2 heterocycles. The fraction of sp³-hybridized carbons (Fsp3) is 0.550. The minimum atomic E-state index is -0.824. The first-order valence-corrected chi connectivity index (χ1v) is 9.70. The molecule has 0 unspecified atom stereocenters. The first-order chi connectivity index (χ1) is 13.5. The lowest BCUT2D eigenvalue weighted by Crippen LogP contribution is -2.34. The molecule has 1 amide bonds. The lowest BCUT2D eigenvalue weighted by molar-refractivity contribution is -0.142. The average Bonchev–Trinajstić information content (AvgIpc) is 3.41. The molecule has 3 N–H and O–H groups in total. The fourth-order valence-electron chi connectivity index (χ4n) is 3.63. The van der Waals surface area contributed by atoms with Gasteiger partial charge in [0.2, 0.25) is 0 Å². The third-order valence-electron chi connectivity index (χ3n) is 5.21. The number of rotatable bonds is 6. The Labute approximate surface area is 164 Å². The van der Waals surface area contributed by atoms with Crippen molar-refractivity contribution in [3.63, 3.8) is 0 Å². The largest absolute Gasteiger partial charge is 0.468 e. The van der Waals surface area contributed by atoms with Gasteiger partial charge in [-0.05, 0) is 56.3 Å². The number of likely N-dealkylation sites (tertiary alicyclic amines) is 1. The maximum atomic E-state index is 13.0. The van der Waals surface area contributed by atoms with E-state index >= 15 is 0 Å². The molecule has 8 heteroatoms. The van der Waals surface area contributed by atoms with E-state index < -0.39 is 18.1 Å². The number of Topliss-reactive ketones (excluding diaryl/α,β-unsaturated/α-hetero) is 1. The van der Waals surface area contributed by atoms with Crippen LogP contribution in [0.25, 0.3) is 0 Å². The smallest absolute Gasteiger partial charge is 0.415 e. The van der Waals surface area contributed by atoms with Gasteiger partial charge in [-0.2, -0.15) is 0 Å². The number of ketones is 1. The van der Waals surface area contributed by atoms with E-state index in [2.05, 4.69) is 10.1 Å². The molecule has 2 aliphatic rings. The number of benzene rings is 1. The van der Waals surface area contributed by atoms with Crippen LogP contribution in [0, 0.1) is 0 Å². The van der Waals surface area contributed by atoms with Crippen molar-refractivity contribution in [2.24, 2.45) is 5.73 Å². The Morgan fingerprint density at radius 2 is 2.00 bits per heavy atom. The van der Waals surface area contributed by atoms with Gasteiger partial charge in [0.15, 0.2) is 5.78 Å². The van der Waals surface area contributed by atoms with E-state index in [1.807, 2.05) is 0 Å². The lowest BCUT2D eigenvalue weighted by atomic mass is 9.97. The van der Waals surface area contributed by atoms with Crippen LogP contribution in [0.15, 0.2) is 18.2 Å². The van der Waals surface area contributed by atoms with Crippen molar-refractivity contribution < 1.29 is 23.9 Å². The van der Waals surface area contributed by atoms with Crippen LogP contribution in [0.3, 0.4) is 0 Å². The Hall–Kier alpha value is -2.45. The number of hydrogen-bond donors (Lipinski definition) is 2. The molecule has 2 saturated heterocycles. The van der Waals surface area contributed by atoms with Gasteiger partial charge in [0.05, 0.1) is 18.7 Å². The molecule has 8 nitrogen and oxygen atoms in total. The van der Waals surface area contributed by atoms with Crippen molar-refractivity contribution in [2.45, 2.75) is 44.2 Å². The highest BCUT2D eigenvalue weighted by Gasteiger charge is 2.28. The zero-order valence-electron chi connectivity index (χ0n) is 16.1. The second-order valence-corrected chi connectivity index (χ2v) is 7.24. The quantitative estimate of drug-likeness (QED) is 0.556. The molecule has 0 aliphatic carbocycles. The molecule has 0 radical (unpaired) electrons. The fourth-order valence-corrected chi connectivity index (χ4v) is 3.63. The number of nitrogens with zero attached hydrogens (tertiary/aromatic N) is 1. The van der Waals surface area contributed by atoms with E-state index in [0.717, 1.165) is 32.2 Å². The van der Waals surface area contributed by atoms with E-state index in [1.165, 1.54) is 7.11 Å². The van der Waals surface area contributed by atoms with E-state index in [0.29, 0.717) is 24.2 Å². The first kappa shape index (κ1) is 20.3. The predicted octanol–water partition coefficient (Wildman–Crippen LogP) is 1.26. The molecule has 0 spiro atoms. The van der Waals surface area contributed by atoms with Crippen LogP contribution in [0.5, 0.6) is 5.75 Å². The van der Waals surface area contributed by atoms with Gasteiger partial charge < -0.3 is 25.4 Å². The maximum absolute atomic E-state index is 13.0. The van der Waals surface area contributed by atoms with Crippen molar-refractivity contribution in [3.05, 3.63) is 29.3 Å². The van der Waals surface area contributed by atoms with Crippen LogP contribution in [0.2, 0.25) is 0 Å². The molecular formula is C20H27N3O5. The molecule has 2 fully saturated rings. The topological polar surface area (TPSA) is 111 Å². The first-order valence-electron chi connectivity index (χ1n) is 9.70. The third-order valence-corrected chi connectivity index (χ3v) is 5.21. The summed E-state index contributed by atoms with van der Waals surface area (Å²) in [5.41, 5.74) is 6.89. The molecule has 1 aromatic rings. The summed E-state index contributed by atoms with van der Waals surface area (Å²) in [4.78, 5) is 38.7. The minimum absolute atomic E-state index is 0.116. The third kappa shape index (κ3) is 4.69. The summed E-state index contributed by atoms with van der Waals surface area (Å²) in [7, 11) is 1.28. The molecule has 0 bridgehead atoms. The Bertz CT molecular complexity index is 739. The molecule has 152 valence electrons. The lowest BCUT2D eigenvalue weighted by Gasteiger charge is -2.19. The molecule has 3 rings (SSSR count). The summed E-state index contributed by atoms with van der Waals surface area (Å²) in [5, 5.41) is 3.18. The van der Waals surface area contributed by atoms with Gasteiger partial charge in [0, 0.05) is 13.1 Å². The molecule has 2 atom stereocenters.